The number of hydrogen-bond acceptors (Lipinski definition) is 2. The zero-order valence-electron chi connectivity index (χ0n) is 11.8. The van der Waals surface area contributed by atoms with Crippen LogP contribution in [0.3, 0.4) is 0 Å². The van der Waals surface area contributed by atoms with E-state index in [2.05, 4.69) is 20.8 Å². The maximum atomic E-state index is 6.23. The largest absolute Gasteiger partial charge is 0.457 e. The van der Waals surface area contributed by atoms with Crippen LogP contribution in [0.5, 0.6) is 11.5 Å². The van der Waals surface area contributed by atoms with Gasteiger partial charge in [-0.2, -0.15) is 0 Å². The lowest BCUT2D eigenvalue weighted by Crippen LogP contribution is -2.26. The summed E-state index contributed by atoms with van der Waals surface area (Å²) in [5, 5.41) is 0. The number of rotatable bonds is 3. The second kappa shape index (κ2) is 5.45. The average Bonchev–Trinajstić information content (AvgIpc) is 2.39. The summed E-state index contributed by atoms with van der Waals surface area (Å²) >= 11 is 0. The zero-order chi connectivity index (χ0) is 13.9. The van der Waals surface area contributed by atoms with Gasteiger partial charge in [0.25, 0.3) is 0 Å². The van der Waals surface area contributed by atoms with Gasteiger partial charge in [-0.15, -0.1) is 0 Å². The minimum atomic E-state index is 0.0262. The minimum absolute atomic E-state index is 0.0262. The number of benzene rings is 2. The lowest BCUT2D eigenvalue weighted by molar-refractivity contribution is 0.327. The Labute approximate surface area is 115 Å². The Bertz CT molecular complexity index is 511. The Morgan fingerprint density at radius 3 is 1.89 bits per heavy atom. The van der Waals surface area contributed by atoms with Crippen molar-refractivity contribution in [3.63, 3.8) is 0 Å². The van der Waals surface area contributed by atoms with Crippen molar-refractivity contribution in [2.45, 2.75) is 26.8 Å². The van der Waals surface area contributed by atoms with Crippen LogP contribution in [0.2, 0.25) is 0 Å². The van der Waals surface area contributed by atoms with Gasteiger partial charge in [0.1, 0.15) is 11.5 Å². The number of ether oxygens (including phenoxy) is 1. The van der Waals surface area contributed by atoms with Crippen molar-refractivity contribution in [3.05, 3.63) is 60.2 Å². The van der Waals surface area contributed by atoms with Crippen LogP contribution in [-0.4, -0.2) is 0 Å². The molecule has 2 N–H and O–H groups in total. The van der Waals surface area contributed by atoms with E-state index in [4.69, 9.17) is 10.5 Å². The maximum Gasteiger partial charge on any atom is 0.127 e. The molecule has 2 rings (SSSR count). The molecule has 2 nitrogen and oxygen atoms in total. The van der Waals surface area contributed by atoms with Crippen LogP contribution in [-0.2, 0) is 0 Å². The molecule has 1 atom stereocenters. The average molecular weight is 255 g/mol. The molecular weight excluding hydrogens is 234 g/mol. The third kappa shape index (κ3) is 3.58. The molecule has 0 spiro atoms. The third-order valence-electron chi connectivity index (χ3n) is 3.15. The van der Waals surface area contributed by atoms with E-state index in [9.17, 15) is 0 Å². The summed E-state index contributed by atoms with van der Waals surface area (Å²) in [7, 11) is 0. The van der Waals surface area contributed by atoms with Crippen molar-refractivity contribution in [3.8, 4) is 11.5 Å². The molecule has 0 amide bonds. The highest BCUT2D eigenvalue weighted by Crippen LogP contribution is 2.31. The molecule has 0 aromatic heterocycles. The van der Waals surface area contributed by atoms with E-state index in [1.807, 2.05) is 54.6 Å². The summed E-state index contributed by atoms with van der Waals surface area (Å²) in [5.41, 5.74) is 7.42. The molecule has 0 aliphatic heterocycles. The van der Waals surface area contributed by atoms with E-state index >= 15 is 0 Å². The van der Waals surface area contributed by atoms with Crippen LogP contribution < -0.4 is 10.5 Å². The van der Waals surface area contributed by atoms with E-state index in [0.29, 0.717) is 0 Å². The van der Waals surface area contributed by atoms with Gasteiger partial charge in [0.05, 0.1) is 0 Å². The predicted molar refractivity (Wildman–Crippen MR) is 79.3 cm³/mol. The number of nitrogens with two attached hydrogens (primary N) is 1. The molecule has 19 heavy (non-hydrogen) atoms. The van der Waals surface area contributed by atoms with Gasteiger partial charge < -0.3 is 10.5 Å². The SMILES string of the molecule is CC(C)(C)[C@@H](N)c1ccc(Oc2ccccc2)cc1. The molecule has 0 fully saturated rings. The topological polar surface area (TPSA) is 35.2 Å². The molecule has 0 aliphatic carbocycles. The Morgan fingerprint density at radius 1 is 0.842 bits per heavy atom. The minimum Gasteiger partial charge on any atom is -0.457 e. The van der Waals surface area contributed by atoms with Gasteiger partial charge in [0.15, 0.2) is 0 Å². The fourth-order valence-corrected chi connectivity index (χ4v) is 1.87. The van der Waals surface area contributed by atoms with Crippen molar-refractivity contribution < 1.29 is 4.74 Å². The quantitative estimate of drug-likeness (QED) is 0.874. The monoisotopic (exact) mass is 255 g/mol. The van der Waals surface area contributed by atoms with E-state index in [1.54, 1.807) is 0 Å². The fourth-order valence-electron chi connectivity index (χ4n) is 1.87. The van der Waals surface area contributed by atoms with Crippen molar-refractivity contribution in [1.29, 1.82) is 0 Å². The highest BCUT2D eigenvalue weighted by molar-refractivity contribution is 5.34. The van der Waals surface area contributed by atoms with Gasteiger partial charge in [-0.3, -0.25) is 0 Å². The second-order valence-corrected chi connectivity index (χ2v) is 5.83. The number of para-hydroxylation sites is 1. The van der Waals surface area contributed by atoms with Gasteiger partial charge in [0, 0.05) is 6.04 Å². The molecule has 0 unspecified atom stereocenters. The van der Waals surface area contributed by atoms with Crippen molar-refractivity contribution in [2.24, 2.45) is 11.1 Å². The van der Waals surface area contributed by atoms with Crippen LogP contribution in [0.15, 0.2) is 54.6 Å². The zero-order valence-corrected chi connectivity index (χ0v) is 11.8. The molecule has 0 heterocycles. The smallest absolute Gasteiger partial charge is 0.127 e. The summed E-state index contributed by atoms with van der Waals surface area (Å²) < 4.78 is 5.76. The first kappa shape index (κ1) is 13.6. The first-order chi connectivity index (χ1) is 8.97. The normalized spacial score (nSPS) is 13.1. The first-order valence-electron chi connectivity index (χ1n) is 6.55. The maximum absolute atomic E-state index is 6.23. The fraction of sp³-hybridized carbons (Fsp3) is 0.294. The van der Waals surface area contributed by atoms with Gasteiger partial charge in [-0.1, -0.05) is 51.1 Å². The Hall–Kier alpha value is -1.80. The molecule has 0 saturated carbocycles. The standard InChI is InChI=1S/C17H21NO/c1-17(2,3)16(18)13-9-11-15(12-10-13)19-14-7-5-4-6-8-14/h4-12,16H,18H2,1-3H3/t16-/m0/s1. The molecular formula is C17H21NO. The Kier molecular flexibility index (Phi) is 3.91. The van der Waals surface area contributed by atoms with Gasteiger partial charge in [-0.05, 0) is 35.2 Å². The van der Waals surface area contributed by atoms with Crippen LogP contribution >= 0.6 is 0 Å². The second-order valence-electron chi connectivity index (χ2n) is 5.83. The third-order valence-corrected chi connectivity index (χ3v) is 3.15. The lowest BCUT2D eigenvalue weighted by atomic mass is 9.83. The van der Waals surface area contributed by atoms with Gasteiger partial charge in [0.2, 0.25) is 0 Å². The summed E-state index contributed by atoms with van der Waals surface area (Å²) in [5.74, 6) is 1.67. The van der Waals surface area contributed by atoms with E-state index in [1.165, 1.54) is 0 Å². The lowest BCUT2D eigenvalue weighted by Gasteiger charge is -2.27. The van der Waals surface area contributed by atoms with E-state index in [-0.39, 0.29) is 11.5 Å². The van der Waals surface area contributed by atoms with Crippen LogP contribution in [0.4, 0.5) is 0 Å². The summed E-state index contributed by atoms with van der Waals surface area (Å²) in [6.45, 7) is 6.43. The first-order valence-corrected chi connectivity index (χ1v) is 6.55. The van der Waals surface area contributed by atoms with Crippen LogP contribution in [0.25, 0.3) is 0 Å². The van der Waals surface area contributed by atoms with Crippen molar-refractivity contribution >= 4 is 0 Å². The molecule has 0 bridgehead atoms. The van der Waals surface area contributed by atoms with Crippen molar-refractivity contribution in [1.82, 2.24) is 0 Å². The highest BCUT2D eigenvalue weighted by atomic mass is 16.5. The molecule has 0 aliphatic rings. The Morgan fingerprint density at radius 2 is 1.37 bits per heavy atom. The Balaban J connectivity index is 2.11. The molecule has 0 radical (unpaired) electrons. The van der Waals surface area contributed by atoms with Crippen molar-refractivity contribution in [2.75, 3.05) is 0 Å². The van der Waals surface area contributed by atoms with Gasteiger partial charge >= 0.3 is 0 Å². The number of hydrogen-bond donors (Lipinski definition) is 1. The predicted octanol–water partition coefficient (Wildman–Crippen LogP) is 4.52. The summed E-state index contributed by atoms with van der Waals surface area (Å²) in [6.07, 6.45) is 0. The molecule has 2 aromatic carbocycles. The van der Waals surface area contributed by atoms with Gasteiger partial charge in [-0.25, -0.2) is 0 Å². The molecule has 2 heteroatoms. The van der Waals surface area contributed by atoms with Crippen LogP contribution in [0.1, 0.15) is 32.4 Å². The summed E-state index contributed by atoms with van der Waals surface area (Å²) in [6, 6.07) is 17.8. The van der Waals surface area contributed by atoms with E-state index < -0.39 is 0 Å². The molecule has 2 aromatic rings. The summed E-state index contributed by atoms with van der Waals surface area (Å²) in [4.78, 5) is 0. The molecule has 0 saturated heterocycles. The molecule has 100 valence electrons. The van der Waals surface area contributed by atoms with Crippen LogP contribution in [0, 0.1) is 5.41 Å². The highest BCUT2D eigenvalue weighted by Gasteiger charge is 2.21. The van der Waals surface area contributed by atoms with E-state index in [0.717, 1.165) is 17.1 Å².